The van der Waals surface area contributed by atoms with Crippen LogP contribution in [0.25, 0.3) is 0 Å². The first-order chi connectivity index (χ1) is 11.1. The number of hydrogen-bond acceptors (Lipinski definition) is 4. The highest BCUT2D eigenvalue weighted by atomic mass is 35.5. The molecule has 0 aromatic heterocycles. The van der Waals surface area contributed by atoms with Crippen LogP contribution in [-0.4, -0.2) is 5.11 Å². The average Bonchev–Trinajstić information content (AvgIpc) is 2.80. The second kappa shape index (κ2) is 5.16. The molecule has 118 valence electrons. The number of para-hydroxylation sites is 1. The van der Waals surface area contributed by atoms with Gasteiger partial charge in [-0.1, -0.05) is 29.8 Å². The summed E-state index contributed by atoms with van der Waals surface area (Å²) in [5.74, 6) is 0.00919. The normalized spacial score (nSPS) is 19.9. The molecule has 2 aliphatic rings. The molecule has 2 heterocycles. The van der Waals surface area contributed by atoms with Crippen LogP contribution in [0, 0.1) is 12.1 Å². The minimum atomic E-state index is -0.255. The number of allylic oxidation sites excluding steroid dienone is 1. The Morgan fingerprint density at radius 2 is 1.87 bits per heavy atom. The highest BCUT2D eigenvalue weighted by Gasteiger charge is 2.42. The average molecular weight is 330 g/mol. The van der Waals surface area contributed by atoms with Gasteiger partial charge in [-0.15, -0.1) is 5.01 Å². The fourth-order valence-corrected chi connectivity index (χ4v) is 3.51. The van der Waals surface area contributed by atoms with Crippen molar-refractivity contribution in [3.8, 4) is 0 Å². The molecule has 0 radical (unpaired) electrons. The van der Waals surface area contributed by atoms with Gasteiger partial charge < -0.3 is 10.3 Å². The highest BCUT2D eigenvalue weighted by molar-refractivity contribution is 6.30. The van der Waals surface area contributed by atoms with Crippen molar-refractivity contribution >= 4 is 23.0 Å². The number of nitrogens with zero attached hydrogens (tertiary/aromatic N) is 2. The van der Waals surface area contributed by atoms with Crippen molar-refractivity contribution in [2.45, 2.75) is 19.8 Å². The van der Waals surface area contributed by atoms with Crippen LogP contribution < -0.4 is 15.3 Å². The predicted octanol–water partition coefficient (Wildman–Crippen LogP) is 2.86. The van der Waals surface area contributed by atoms with Crippen molar-refractivity contribution in [3.05, 3.63) is 75.4 Å². The molecule has 2 aromatic rings. The van der Waals surface area contributed by atoms with Crippen LogP contribution in [0.15, 0.2) is 54.0 Å². The molecule has 4 rings (SSSR count). The number of rotatable bonds is 1. The molecule has 0 aliphatic carbocycles. The SMILES string of the molecule is Cc1cc(Cl)ccc1N1C(O)=C2CCc3ccccc3N2[NH+]1[O-]. The molecular weight excluding hydrogens is 314 g/mol. The minimum Gasteiger partial charge on any atom is -0.581 e. The van der Waals surface area contributed by atoms with Crippen LogP contribution in [0.2, 0.25) is 5.02 Å². The van der Waals surface area contributed by atoms with Crippen LogP contribution in [0.3, 0.4) is 0 Å². The van der Waals surface area contributed by atoms with Crippen LogP contribution in [0.1, 0.15) is 17.5 Å². The predicted molar refractivity (Wildman–Crippen MR) is 89.9 cm³/mol. The summed E-state index contributed by atoms with van der Waals surface area (Å²) in [7, 11) is 0. The first kappa shape index (κ1) is 14.4. The number of fused-ring (bicyclic) bond motifs is 3. The van der Waals surface area contributed by atoms with E-state index in [4.69, 9.17) is 11.6 Å². The van der Waals surface area contributed by atoms with Gasteiger partial charge in [-0.2, -0.15) is 10.3 Å². The van der Waals surface area contributed by atoms with Crippen molar-refractivity contribution in [2.24, 2.45) is 0 Å². The van der Waals surface area contributed by atoms with Crippen LogP contribution in [-0.2, 0) is 6.42 Å². The number of benzene rings is 2. The van der Waals surface area contributed by atoms with E-state index < -0.39 is 0 Å². The summed E-state index contributed by atoms with van der Waals surface area (Å²) >= 11 is 6.00. The molecule has 2 aromatic carbocycles. The molecule has 0 spiro atoms. The van der Waals surface area contributed by atoms with Crippen LogP contribution in [0.4, 0.5) is 11.4 Å². The third-order valence-corrected chi connectivity index (χ3v) is 4.62. The lowest BCUT2D eigenvalue weighted by Crippen LogP contribution is -3.19. The van der Waals surface area contributed by atoms with Crippen molar-refractivity contribution in [2.75, 3.05) is 10.0 Å². The molecule has 0 bridgehead atoms. The van der Waals surface area contributed by atoms with Gasteiger partial charge in [-0.25, -0.2) is 0 Å². The third-order valence-electron chi connectivity index (χ3n) is 4.39. The quantitative estimate of drug-likeness (QED) is 0.790. The van der Waals surface area contributed by atoms with Gasteiger partial charge in [0.05, 0.1) is 0 Å². The van der Waals surface area contributed by atoms with Crippen LogP contribution >= 0.6 is 11.6 Å². The van der Waals surface area contributed by atoms with Gasteiger partial charge in [0.25, 0.3) is 5.88 Å². The summed E-state index contributed by atoms with van der Waals surface area (Å²) in [5, 5.41) is 26.9. The van der Waals surface area contributed by atoms with Gasteiger partial charge in [0.1, 0.15) is 17.1 Å². The number of quaternary nitrogens is 1. The molecule has 0 saturated heterocycles. The maximum absolute atomic E-state index is 13.0. The second-order valence-electron chi connectivity index (χ2n) is 5.78. The Hall–Kier alpha value is -2.21. The molecule has 2 aliphatic heterocycles. The Balaban J connectivity index is 1.83. The second-order valence-corrected chi connectivity index (χ2v) is 6.22. The van der Waals surface area contributed by atoms with Crippen molar-refractivity contribution in [1.29, 1.82) is 0 Å². The van der Waals surface area contributed by atoms with Gasteiger partial charge in [-0.05, 0) is 48.7 Å². The molecule has 1 atom stereocenters. The van der Waals surface area contributed by atoms with Crippen molar-refractivity contribution < 1.29 is 10.4 Å². The zero-order valence-electron chi connectivity index (χ0n) is 12.6. The Kier molecular flexibility index (Phi) is 3.23. The lowest BCUT2D eigenvalue weighted by Gasteiger charge is -2.36. The lowest BCUT2D eigenvalue weighted by atomic mass is 10.0. The number of aryl methyl sites for hydroxylation is 2. The molecule has 0 saturated carbocycles. The Bertz CT molecular complexity index is 821. The number of halogens is 1. The number of aliphatic hydroxyl groups is 1. The molecule has 23 heavy (non-hydrogen) atoms. The first-order valence-corrected chi connectivity index (χ1v) is 7.86. The number of aliphatic hydroxyl groups excluding tert-OH is 1. The van der Waals surface area contributed by atoms with Gasteiger partial charge in [-0.3, -0.25) is 0 Å². The molecule has 0 fully saturated rings. The number of hydrogen-bond donors (Lipinski definition) is 2. The molecule has 0 amide bonds. The summed E-state index contributed by atoms with van der Waals surface area (Å²) in [6.45, 7) is 1.87. The van der Waals surface area contributed by atoms with E-state index in [2.05, 4.69) is 0 Å². The summed E-state index contributed by atoms with van der Waals surface area (Å²) in [5.41, 5.74) is 4.11. The fraction of sp³-hybridized carbons (Fsp3) is 0.176. The zero-order chi connectivity index (χ0) is 16.1. The minimum absolute atomic E-state index is 0.00919. The Morgan fingerprint density at radius 3 is 2.65 bits per heavy atom. The van der Waals surface area contributed by atoms with E-state index in [0.29, 0.717) is 22.8 Å². The summed E-state index contributed by atoms with van der Waals surface area (Å²) in [4.78, 5) is 0. The van der Waals surface area contributed by atoms with Crippen LogP contribution in [0.5, 0.6) is 0 Å². The smallest absolute Gasteiger partial charge is 0.267 e. The van der Waals surface area contributed by atoms with E-state index >= 15 is 0 Å². The monoisotopic (exact) mass is 329 g/mol. The van der Waals surface area contributed by atoms with E-state index in [0.717, 1.165) is 23.2 Å². The van der Waals surface area contributed by atoms with Gasteiger partial charge in [0.15, 0.2) is 0 Å². The number of nitrogens with one attached hydrogen (secondary N) is 1. The van der Waals surface area contributed by atoms with Crippen molar-refractivity contribution in [1.82, 2.24) is 0 Å². The Morgan fingerprint density at radius 1 is 1.09 bits per heavy atom. The van der Waals surface area contributed by atoms with Crippen molar-refractivity contribution in [3.63, 3.8) is 0 Å². The summed E-state index contributed by atoms with van der Waals surface area (Å²) in [6.07, 6.45) is 1.45. The molecule has 2 N–H and O–H groups in total. The van der Waals surface area contributed by atoms with Gasteiger partial charge in [0, 0.05) is 11.4 Å². The zero-order valence-corrected chi connectivity index (χ0v) is 13.3. The van der Waals surface area contributed by atoms with E-state index in [-0.39, 0.29) is 11.2 Å². The van der Waals surface area contributed by atoms with Gasteiger partial charge >= 0.3 is 0 Å². The highest BCUT2D eigenvalue weighted by Crippen LogP contribution is 2.36. The first-order valence-electron chi connectivity index (χ1n) is 7.48. The van der Waals surface area contributed by atoms with E-state index in [1.807, 2.05) is 31.2 Å². The van der Waals surface area contributed by atoms with E-state index in [1.165, 1.54) is 5.01 Å². The van der Waals surface area contributed by atoms with Gasteiger partial charge in [0.2, 0.25) is 0 Å². The molecule has 1 unspecified atom stereocenters. The maximum atomic E-state index is 13.0. The summed E-state index contributed by atoms with van der Waals surface area (Å²) < 4.78 is 0. The molecule has 5 nitrogen and oxygen atoms in total. The van der Waals surface area contributed by atoms with E-state index in [9.17, 15) is 10.3 Å². The summed E-state index contributed by atoms with van der Waals surface area (Å²) in [6, 6.07) is 13.1. The standard InChI is InChI=1S/C17H16ClN3O2/c1-11-10-13(18)7-9-14(11)20-17(22)16-8-6-12-4-2-3-5-15(12)19(16)21(20)23/h2-5,7,9-10,21-22H,6,8H2,1H3. The lowest BCUT2D eigenvalue weighted by molar-refractivity contribution is -0.854. The maximum Gasteiger partial charge on any atom is 0.267 e. The number of anilines is 2. The fourth-order valence-electron chi connectivity index (χ4n) is 3.29. The van der Waals surface area contributed by atoms with E-state index in [1.54, 1.807) is 23.2 Å². The third kappa shape index (κ3) is 2.09. The Labute approximate surface area is 139 Å². The topological polar surface area (TPSA) is 54.2 Å². The molecule has 6 heteroatoms. The largest absolute Gasteiger partial charge is 0.581 e. The molecular formula is C17H16ClN3O2.